The van der Waals surface area contributed by atoms with Gasteiger partial charge >= 0.3 is 0 Å². The van der Waals surface area contributed by atoms with E-state index in [0.29, 0.717) is 0 Å². The highest BCUT2D eigenvalue weighted by Crippen LogP contribution is 2.61. The maximum atomic E-state index is 11.0. The van der Waals surface area contributed by atoms with Crippen LogP contribution in [0, 0.1) is 10.8 Å². The van der Waals surface area contributed by atoms with Crippen molar-refractivity contribution in [3.8, 4) is 0 Å². The summed E-state index contributed by atoms with van der Waals surface area (Å²) in [6, 6.07) is 0. The van der Waals surface area contributed by atoms with Gasteiger partial charge in [-0.3, -0.25) is 0 Å². The third kappa shape index (κ3) is 1.54. The average Bonchev–Trinajstić information content (AvgIpc) is 2.15. The third-order valence-corrected chi connectivity index (χ3v) is 5.21. The van der Waals surface area contributed by atoms with Crippen LogP contribution < -0.4 is 0 Å². The fourth-order valence-corrected chi connectivity index (χ4v) is 4.33. The fourth-order valence-electron chi connectivity index (χ4n) is 4.33. The Labute approximate surface area is 94.3 Å². The second-order valence-corrected chi connectivity index (χ2v) is 6.78. The lowest BCUT2D eigenvalue weighted by molar-refractivity contribution is -0.190. The van der Waals surface area contributed by atoms with Crippen molar-refractivity contribution in [2.24, 2.45) is 10.8 Å². The monoisotopic (exact) mass is 210 g/mol. The van der Waals surface area contributed by atoms with Gasteiger partial charge in [-0.2, -0.15) is 0 Å². The van der Waals surface area contributed by atoms with Crippen molar-refractivity contribution in [2.75, 3.05) is 0 Å². The van der Waals surface area contributed by atoms with Gasteiger partial charge in [0.05, 0.1) is 5.60 Å². The molecular formula is C14H26O. The van der Waals surface area contributed by atoms with Crippen LogP contribution in [-0.4, -0.2) is 10.7 Å². The van der Waals surface area contributed by atoms with Crippen LogP contribution in [0.25, 0.3) is 0 Å². The molecule has 0 radical (unpaired) electrons. The van der Waals surface area contributed by atoms with Crippen LogP contribution in [0.3, 0.4) is 0 Å². The Kier molecular flexibility index (Phi) is 2.65. The quantitative estimate of drug-likeness (QED) is 0.643. The molecule has 88 valence electrons. The molecule has 0 aromatic heterocycles. The lowest BCUT2D eigenvalue weighted by Gasteiger charge is -2.60. The van der Waals surface area contributed by atoms with E-state index in [-0.39, 0.29) is 16.4 Å². The maximum absolute atomic E-state index is 11.0. The third-order valence-electron chi connectivity index (χ3n) is 5.21. The van der Waals surface area contributed by atoms with Crippen molar-refractivity contribution in [1.29, 1.82) is 0 Å². The SMILES string of the molecule is CC(C)(C)C12CCCCC1(O)CCCC2. The lowest BCUT2D eigenvalue weighted by atomic mass is 9.47. The number of fused-ring (bicyclic) bond motifs is 1. The van der Waals surface area contributed by atoms with E-state index >= 15 is 0 Å². The normalized spacial score (nSPS) is 42.4. The van der Waals surface area contributed by atoms with E-state index in [1.54, 1.807) is 0 Å². The first-order valence-electron chi connectivity index (χ1n) is 6.64. The van der Waals surface area contributed by atoms with Crippen molar-refractivity contribution >= 4 is 0 Å². The molecule has 2 rings (SSSR count). The predicted molar refractivity (Wildman–Crippen MR) is 63.8 cm³/mol. The van der Waals surface area contributed by atoms with Crippen LogP contribution in [0.15, 0.2) is 0 Å². The van der Waals surface area contributed by atoms with Crippen LogP contribution >= 0.6 is 0 Å². The molecule has 0 aliphatic heterocycles. The summed E-state index contributed by atoms with van der Waals surface area (Å²) >= 11 is 0. The number of rotatable bonds is 0. The van der Waals surface area contributed by atoms with Gasteiger partial charge in [-0.1, -0.05) is 46.5 Å². The molecule has 0 spiro atoms. The lowest BCUT2D eigenvalue weighted by Crippen LogP contribution is -2.58. The molecule has 0 aromatic carbocycles. The molecule has 1 N–H and O–H groups in total. The number of aliphatic hydroxyl groups is 1. The van der Waals surface area contributed by atoms with Crippen LogP contribution in [0.2, 0.25) is 0 Å². The fraction of sp³-hybridized carbons (Fsp3) is 1.00. The molecule has 2 saturated carbocycles. The van der Waals surface area contributed by atoms with Crippen molar-refractivity contribution < 1.29 is 5.11 Å². The summed E-state index contributed by atoms with van der Waals surface area (Å²) in [6.45, 7) is 6.98. The minimum atomic E-state index is -0.345. The van der Waals surface area contributed by atoms with Gasteiger partial charge in [0, 0.05) is 5.41 Å². The van der Waals surface area contributed by atoms with Gasteiger partial charge in [-0.05, 0) is 31.1 Å². The highest BCUT2D eigenvalue weighted by Gasteiger charge is 2.58. The van der Waals surface area contributed by atoms with E-state index in [1.165, 1.54) is 38.5 Å². The van der Waals surface area contributed by atoms with E-state index in [0.717, 1.165) is 12.8 Å². The number of hydrogen-bond donors (Lipinski definition) is 1. The molecule has 1 heteroatoms. The Hall–Kier alpha value is -0.0400. The summed E-state index contributed by atoms with van der Waals surface area (Å²) < 4.78 is 0. The van der Waals surface area contributed by atoms with Crippen molar-refractivity contribution in [2.45, 2.75) is 77.7 Å². The molecular weight excluding hydrogens is 184 g/mol. The molecule has 0 aromatic rings. The molecule has 0 heterocycles. The second kappa shape index (κ2) is 3.48. The van der Waals surface area contributed by atoms with Crippen molar-refractivity contribution in [1.82, 2.24) is 0 Å². The summed E-state index contributed by atoms with van der Waals surface area (Å²) in [5.41, 5.74) is 0.112. The first-order valence-corrected chi connectivity index (χ1v) is 6.64. The molecule has 2 aliphatic carbocycles. The zero-order chi connectivity index (χ0) is 11.2. The van der Waals surface area contributed by atoms with E-state index in [9.17, 15) is 5.11 Å². The molecule has 0 amide bonds. The van der Waals surface area contributed by atoms with Gasteiger partial charge in [-0.25, -0.2) is 0 Å². The Bertz CT molecular complexity index is 224. The molecule has 1 nitrogen and oxygen atoms in total. The Balaban J connectivity index is 2.37. The van der Waals surface area contributed by atoms with E-state index in [2.05, 4.69) is 20.8 Å². The molecule has 0 unspecified atom stereocenters. The predicted octanol–water partition coefficient (Wildman–Crippen LogP) is 3.90. The highest BCUT2D eigenvalue weighted by molar-refractivity contribution is 5.08. The Morgan fingerprint density at radius 3 is 1.53 bits per heavy atom. The highest BCUT2D eigenvalue weighted by atomic mass is 16.3. The largest absolute Gasteiger partial charge is 0.389 e. The summed E-state index contributed by atoms with van der Waals surface area (Å²) in [5.74, 6) is 0. The van der Waals surface area contributed by atoms with Crippen LogP contribution in [-0.2, 0) is 0 Å². The van der Waals surface area contributed by atoms with Crippen molar-refractivity contribution in [3.63, 3.8) is 0 Å². The molecule has 0 saturated heterocycles. The maximum Gasteiger partial charge on any atom is 0.0708 e. The van der Waals surface area contributed by atoms with Crippen molar-refractivity contribution in [3.05, 3.63) is 0 Å². The standard InChI is InChI=1S/C14H26O/c1-12(2,3)13-8-4-6-10-14(13,15)11-7-5-9-13/h15H,4-11H2,1-3H3. The molecule has 0 bridgehead atoms. The molecule has 2 fully saturated rings. The van der Waals surface area contributed by atoms with Gasteiger partial charge in [0.15, 0.2) is 0 Å². The molecule has 2 aliphatic rings. The van der Waals surface area contributed by atoms with Gasteiger partial charge in [0.25, 0.3) is 0 Å². The smallest absolute Gasteiger partial charge is 0.0708 e. The van der Waals surface area contributed by atoms with E-state index in [4.69, 9.17) is 0 Å². The van der Waals surface area contributed by atoms with Gasteiger partial charge < -0.3 is 5.11 Å². The van der Waals surface area contributed by atoms with Gasteiger partial charge in [0.2, 0.25) is 0 Å². The van der Waals surface area contributed by atoms with Crippen LogP contribution in [0.5, 0.6) is 0 Å². The van der Waals surface area contributed by atoms with Crippen LogP contribution in [0.4, 0.5) is 0 Å². The first kappa shape index (κ1) is 11.4. The first-order chi connectivity index (χ1) is 6.91. The minimum Gasteiger partial charge on any atom is -0.389 e. The Morgan fingerprint density at radius 1 is 0.800 bits per heavy atom. The second-order valence-electron chi connectivity index (χ2n) is 6.78. The van der Waals surface area contributed by atoms with Crippen LogP contribution in [0.1, 0.15) is 72.1 Å². The zero-order valence-electron chi connectivity index (χ0n) is 10.6. The zero-order valence-corrected chi connectivity index (χ0v) is 10.6. The van der Waals surface area contributed by atoms with Gasteiger partial charge in [0.1, 0.15) is 0 Å². The van der Waals surface area contributed by atoms with E-state index in [1.807, 2.05) is 0 Å². The number of hydrogen-bond acceptors (Lipinski definition) is 1. The topological polar surface area (TPSA) is 20.2 Å². The minimum absolute atomic E-state index is 0.205. The van der Waals surface area contributed by atoms with Gasteiger partial charge in [-0.15, -0.1) is 0 Å². The average molecular weight is 210 g/mol. The molecule has 0 atom stereocenters. The van der Waals surface area contributed by atoms with E-state index < -0.39 is 0 Å². The summed E-state index contributed by atoms with van der Waals surface area (Å²) in [4.78, 5) is 0. The Morgan fingerprint density at radius 2 is 1.20 bits per heavy atom. The summed E-state index contributed by atoms with van der Waals surface area (Å²) in [6.07, 6.45) is 9.68. The summed E-state index contributed by atoms with van der Waals surface area (Å²) in [5, 5.41) is 11.0. The molecule has 15 heavy (non-hydrogen) atoms. The summed E-state index contributed by atoms with van der Waals surface area (Å²) in [7, 11) is 0.